The second-order valence-electron chi connectivity index (χ2n) is 6.38. The zero-order chi connectivity index (χ0) is 17.9. The van der Waals surface area contributed by atoms with E-state index in [9.17, 15) is 9.59 Å². The van der Waals surface area contributed by atoms with Gasteiger partial charge in [-0.1, -0.05) is 18.2 Å². The molecule has 2 heterocycles. The summed E-state index contributed by atoms with van der Waals surface area (Å²) in [5.74, 6) is 0.242. The van der Waals surface area contributed by atoms with Gasteiger partial charge in [-0.2, -0.15) is 0 Å². The van der Waals surface area contributed by atoms with E-state index < -0.39 is 17.5 Å². The second-order valence-corrected chi connectivity index (χ2v) is 7.43. The SMILES string of the molecule is COC(=O)C1=C(OC(C)=O)C[C@]2(CSc3ccccc3)CCC[C@H]1O2. The Hall–Kier alpha value is -1.79. The first kappa shape index (κ1) is 18.0. The van der Waals surface area contributed by atoms with Crippen molar-refractivity contribution in [3.63, 3.8) is 0 Å². The Kier molecular flexibility index (Phi) is 5.49. The Morgan fingerprint density at radius 2 is 2.08 bits per heavy atom. The van der Waals surface area contributed by atoms with E-state index in [-0.39, 0.29) is 6.10 Å². The number of methoxy groups -OCH3 is 1. The Labute approximate surface area is 151 Å². The number of hydrogen-bond acceptors (Lipinski definition) is 6. The van der Waals surface area contributed by atoms with Gasteiger partial charge in [-0.3, -0.25) is 4.79 Å². The standard InChI is InChI=1S/C19H22O5S/c1-13(20)23-16-11-19(12-25-14-7-4-3-5-8-14)10-6-9-15(24-19)17(16)18(21)22-2/h3-5,7-8,15H,6,9-12H2,1-2H3/t15-,19+/m1/s1. The molecular formula is C19H22O5S. The average molecular weight is 362 g/mol. The number of esters is 2. The number of ether oxygens (including phenoxy) is 3. The summed E-state index contributed by atoms with van der Waals surface area (Å²) in [6.07, 6.45) is 2.61. The molecule has 0 amide bonds. The maximum absolute atomic E-state index is 12.2. The van der Waals surface area contributed by atoms with Gasteiger partial charge in [0.05, 0.1) is 18.8 Å². The van der Waals surface area contributed by atoms with Crippen LogP contribution in [0.1, 0.15) is 32.6 Å². The van der Waals surface area contributed by atoms with E-state index in [1.807, 2.05) is 18.2 Å². The van der Waals surface area contributed by atoms with Crippen LogP contribution in [0.2, 0.25) is 0 Å². The summed E-state index contributed by atoms with van der Waals surface area (Å²) in [6, 6.07) is 10.1. The molecule has 1 aromatic rings. The third-order valence-electron chi connectivity index (χ3n) is 4.51. The van der Waals surface area contributed by atoms with Gasteiger partial charge in [0, 0.05) is 24.0 Å². The molecule has 1 aromatic carbocycles. The lowest BCUT2D eigenvalue weighted by Crippen LogP contribution is -2.49. The number of thioether (sulfide) groups is 1. The first-order chi connectivity index (χ1) is 12.0. The molecule has 0 radical (unpaired) electrons. The van der Waals surface area contributed by atoms with Crippen molar-refractivity contribution in [3.05, 3.63) is 41.7 Å². The van der Waals surface area contributed by atoms with E-state index in [0.29, 0.717) is 17.8 Å². The van der Waals surface area contributed by atoms with Gasteiger partial charge in [0.15, 0.2) is 0 Å². The molecular weight excluding hydrogens is 340 g/mol. The van der Waals surface area contributed by atoms with Gasteiger partial charge >= 0.3 is 11.9 Å². The van der Waals surface area contributed by atoms with Gasteiger partial charge in [0.2, 0.25) is 0 Å². The van der Waals surface area contributed by atoms with E-state index in [1.165, 1.54) is 18.9 Å². The molecule has 2 aliphatic heterocycles. The van der Waals surface area contributed by atoms with Crippen LogP contribution in [0.3, 0.4) is 0 Å². The minimum Gasteiger partial charge on any atom is -0.465 e. The highest BCUT2D eigenvalue weighted by Crippen LogP contribution is 2.45. The molecule has 0 saturated carbocycles. The average Bonchev–Trinajstić information content (AvgIpc) is 2.60. The van der Waals surface area contributed by atoms with Crippen molar-refractivity contribution < 1.29 is 23.8 Å². The van der Waals surface area contributed by atoms with Gasteiger partial charge in [-0.15, -0.1) is 11.8 Å². The fraction of sp³-hybridized carbons (Fsp3) is 0.474. The summed E-state index contributed by atoms with van der Waals surface area (Å²) < 4.78 is 16.6. The number of rotatable bonds is 5. The minimum atomic E-state index is -0.479. The molecule has 2 aliphatic rings. The van der Waals surface area contributed by atoms with Crippen LogP contribution < -0.4 is 0 Å². The highest BCUT2D eigenvalue weighted by atomic mass is 32.2. The minimum absolute atomic E-state index is 0.359. The smallest absolute Gasteiger partial charge is 0.339 e. The maximum Gasteiger partial charge on any atom is 0.339 e. The molecule has 0 aromatic heterocycles. The lowest BCUT2D eigenvalue weighted by Gasteiger charge is -2.45. The maximum atomic E-state index is 12.2. The fourth-order valence-corrected chi connectivity index (χ4v) is 4.53. The Balaban J connectivity index is 1.85. The van der Waals surface area contributed by atoms with Gasteiger partial charge in [0.1, 0.15) is 11.3 Å². The van der Waals surface area contributed by atoms with Crippen LogP contribution in [0, 0.1) is 0 Å². The summed E-state index contributed by atoms with van der Waals surface area (Å²) >= 11 is 1.72. The largest absolute Gasteiger partial charge is 0.465 e. The number of carbonyl (C=O) groups is 2. The van der Waals surface area contributed by atoms with Crippen LogP contribution in [-0.2, 0) is 23.8 Å². The summed E-state index contributed by atoms with van der Waals surface area (Å²) in [6.45, 7) is 1.35. The fourth-order valence-electron chi connectivity index (χ4n) is 3.44. The van der Waals surface area contributed by atoms with Crippen molar-refractivity contribution >= 4 is 23.7 Å². The molecule has 0 aliphatic carbocycles. The molecule has 0 spiro atoms. The van der Waals surface area contributed by atoms with Gasteiger partial charge in [-0.25, -0.2) is 4.79 Å². The van der Waals surface area contributed by atoms with Gasteiger partial charge in [-0.05, 0) is 31.4 Å². The Morgan fingerprint density at radius 3 is 2.76 bits per heavy atom. The van der Waals surface area contributed by atoms with E-state index in [1.54, 1.807) is 11.8 Å². The van der Waals surface area contributed by atoms with E-state index >= 15 is 0 Å². The number of fused-ring (bicyclic) bond motifs is 2. The van der Waals surface area contributed by atoms with Crippen molar-refractivity contribution in [2.24, 2.45) is 0 Å². The molecule has 1 fully saturated rings. The van der Waals surface area contributed by atoms with Gasteiger partial charge < -0.3 is 14.2 Å². The van der Waals surface area contributed by atoms with Crippen LogP contribution in [0.4, 0.5) is 0 Å². The van der Waals surface area contributed by atoms with E-state index in [2.05, 4.69) is 12.1 Å². The lowest BCUT2D eigenvalue weighted by atomic mass is 9.82. The van der Waals surface area contributed by atoms with E-state index in [0.717, 1.165) is 25.0 Å². The molecule has 2 atom stereocenters. The molecule has 0 N–H and O–H groups in total. The molecule has 5 nitrogen and oxygen atoms in total. The summed E-state index contributed by atoms with van der Waals surface area (Å²) in [5.41, 5.74) is -0.0659. The first-order valence-electron chi connectivity index (χ1n) is 8.38. The molecule has 2 bridgehead atoms. The monoisotopic (exact) mass is 362 g/mol. The highest BCUT2D eigenvalue weighted by Gasteiger charge is 2.47. The number of hydrogen-bond donors (Lipinski definition) is 0. The first-order valence-corrected chi connectivity index (χ1v) is 9.37. The van der Waals surface area contributed by atoms with Crippen molar-refractivity contribution in [2.75, 3.05) is 12.9 Å². The zero-order valence-corrected chi connectivity index (χ0v) is 15.3. The Morgan fingerprint density at radius 1 is 1.32 bits per heavy atom. The number of benzene rings is 1. The molecule has 25 heavy (non-hydrogen) atoms. The molecule has 6 heteroatoms. The summed E-state index contributed by atoms with van der Waals surface area (Å²) in [5, 5.41) is 0. The third kappa shape index (κ3) is 4.07. The molecule has 3 rings (SSSR count). The predicted octanol–water partition coefficient (Wildman–Crippen LogP) is 3.48. The van der Waals surface area contributed by atoms with Crippen molar-refractivity contribution in [3.8, 4) is 0 Å². The van der Waals surface area contributed by atoms with Crippen molar-refractivity contribution in [1.82, 2.24) is 0 Å². The Bertz CT molecular complexity index is 684. The topological polar surface area (TPSA) is 61.8 Å². The highest BCUT2D eigenvalue weighted by molar-refractivity contribution is 7.99. The third-order valence-corrected chi connectivity index (χ3v) is 5.79. The summed E-state index contributed by atoms with van der Waals surface area (Å²) in [4.78, 5) is 24.9. The quantitative estimate of drug-likeness (QED) is 0.590. The summed E-state index contributed by atoms with van der Waals surface area (Å²) in [7, 11) is 1.33. The van der Waals surface area contributed by atoms with Gasteiger partial charge in [0.25, 0.3) is 0 Å². The van der Waals surface area contributed by atoms with Crippen LogP contribution in [0.25, 0.3) is 0 Å². The van der Waals surface area contributed by atoms with Crippen molar-refractivity contribution in [1.29, 1.82) is 0 Å². The molecule has 1 saturated heterocycles. The second kappa shape index (κ2) is 7.62. The van der Waals surface area contributed by atoms with Crippen LogP contribution in [0.5, 0.6) is 0 Å². The zero-order valence-electron chi connectivity index (χ0n) is 14.4. The molecule has 134 valence electrons. The normalized spacial score (nSPS) is 25.4. The number of carbonyl (C=O) groups excluding carboxylic acids is 2. The van der Waals surface area contributed by atoms with Crippen molar-refractivity contribution in [2.45, 2.75) is 49.2 Å². The lowest BCUT2D eigenvalue weighted by molar-refractivity contribution is -0.153. The van der Waals surface area contributed by atoms with Crippen LogP contribution >= 0.6 is 11.8 Å². The van der Waals surface area contributed by atoms with E-state index in [4.69, 9.17) is 14.2 Å². The molecule has 0 unspecified atom stereocenters. The van der Waals surface area contributed by atoms with Crippen LogP contribution in [0.15, 0.2) is 46.6 Å². The predicted molar refractivity (Wildman–Crippen MR) is 94.0 cm³/mol. The van der Waals surface area contributed by atoms with Crippen LogP contribution in [-0.4, -0.2) is 36.5 Å².